The van der Waals surface area contributed by atoms with Crippen molar-refractivity contribution in [1.82, 2.24) is 20.3 Å². The normalized spacial score (nSPS) is 14.2. The highest BCUT2D eigenvalue weighted by molar-refractivity contribution is 6.33. The molecular weight excluding hydrogens is 509 g/mol. The Morgan fingerprint density at radius 1 is 1.05 bits per heavy atom. The molecule has 3 heterocycles. The number of pyridine rings is 2. The van der Waals surface area contributed by atoms with Gasteiger partial charge in [-0.2, -0.15) is 13.2 Å². The molecule has 0 aliphatic carbocycles. The average molecular weight is 531 g/mol. The Bertz CT molecular complexity index is 1320. The first-order chi connectivity index (χ1) is 17.7. The number of piperazine rings is 1. The quantitative estimate of drug-likeness (QED) is 0.210. The number of aromatic nitrogens is 2. The molecule has 13 heteroatoms. The molecule has 0 bridgehead atoms. The third-order valence-electron chi connectivity index (χ3n) is 5.82. The van der Waals surface area contributed by atoms with Crippen molar-refractivity contribution >= 4 is 23.3 Å². The fourth-order valence-corrected chi connectivity index (χ4v) is 4.14. The fourth-order valence-electron chi connectivity index (χ4n) is 3.94. The predicted octanol–water partition coefficient (Wildman–Crippen LogP) is 4.48. The van der Waals surface area contributed by atoms with Crippen LogP contribution in [0.1, 0.15) is 5.56 Å². The Labute approximate surface area is 215 Å². The maximum Gasteiger partial charge on any atom is 0.416 e. The summed E-state index contributed by atoms with van der Waals surface area (Å²) in [5.74, 6) is 5.25. The molecule has 0 spiro atoms. The highest BCUT2D eigenvalue weighted by Gasteiger charge is 2.30. The molecule has 1 aliphatic rings. The minimum Gasteiger partial charge on any atom is -0.353 e. The lowest BCUT2D eigenvalue weighted by Crippen LogP contribution is -2.50. The SMILES string of the molecule is C=C(NN=NN)C(=O)N1CCN(c2ccc(-c3ccc(C(F)(F)F)cc3)c(-c3ccncc3Cl)n2)CC1. The number of benzene rings is 1. The smallest absolute Gasteiger partial charge is 0.353 e. The van der Waals surface area contributed by atoms with E-state index in [1.165, 1.54) is 18.3 Å². The number of hydrogen-bond acceptors (Lipinski definition) is 6. The summed E-state index contributed by atoms with van der Waals surface area (Å²) in [6, 6.07) is 10.2. The van der Waals surface area contributed by atoms with Crippen molar-refractivity contribution in [3.05, 3.63) is 77.7 Å². The van der Waals surface area contributed by atoms with E-state index in [9.17, 15) is 18.0 Å². The molecule has 0 saturated carbocycles. The molecule has 0 unspecified atom stereocenters. The van der Waals surface area contributed by atoms with Gasteiger partial charge in [0.1, 0.15) is 11.5 Å². The van der Waals surface area contributed by atoms with E-state index in [0.29, 0.717) is 59.4 Å². The van der Waals surface area contributed by atoms with Crippen LogP contribution in [0, 0.1) is 0 Å². The molecule has 2 aromatic heterocycles. The first kappa shape index (κ1) is 25.9. The van der Waals surface area contributed by atoms with Crippen LogP contribution in [-0.4, -0.2) is 47.0 Å². The minimum atomic E-state index is -4.43. The number of carbonyl (C=O) groups excluding carboxylic acids is 1. The van der Waals surface area contributed by atoms with E-state index >= 15 is 0 Å². The lowest BCUT2D eigenvalue weighted by Gasteiger charge is -2.35. The number of alkyl halides is 3. The molecule has 1 aromatic carbocycles. The third kappa shape index (κ3) is 5.80. The summed E-state index contributed by atoms with van der Waals surface area (Å²) >= 11 is 6.42. The number of anilines is 1. The number of nitrogens with one attached hydrogen (secondary N) is 1. The Kier molecular flexibility index (Phi) is 7.58. The summed E-state index contributed by atoms with van der Waals surface area (Å²) in [4.78, 5) is 25.0. The number of amides is 1. The molecule has 37 heavy (non-hydrogen) atoms. The average Bonchev–Trinajstić information content (AvgIpc) is 2.91. The summed E-state index contributed by atoms with van der Waals surface area (Å²) < 4.78 is 39.2. The molecule has 0 atom stereocenters. The molecule has 3 N–H and O–H groups in total. The molecule has 3 aromatic rings. The first-order valence-electron chi connectivity index (χ1n) is 11.1. The standard InChI is InChI=1S/C24H22ClF3N8O/c1-15(32-34-33-29)23(37)36-12-10-35(11-13-36)21-7-6-18(16-2-4-17(5-3-16)24(26,27)28)22(31-21)19-8-9-30-14-20(19)25/h2-9,14H,1,10-13H2,(H2,29,34)(H,32,33). The van der Waals surface area contributed by atoms with Gasteiger partial charge in [0, 0.05) is 49.7 Å². The third-order valence-corrected chi connectivity index (χ3v) is 6.12. The Morgan fingerprint density at radius 2 is 1.76 bits per heavy atom. The van der Waals surface area contributed by atoms with E-state index in [2.05, 4.69) is 27.4 Å². The van der Waals surface area contributed by atoms with Crippen molar-refractivity contribution in [2.75, 3.05) is 31.1 Å². The van der Waals surface area contributed by atoms with Gasteiger partial charge in [-0.1, -0.05) is 40.8 Å². The highest BCUT2D eigenvalue weighted by Crippen LogP contribution is 2.37. The van der Waals surface area contributed by atoms with Crippen molar-refractivity contribution in [1.29, 1.82) is 0 Å². The van der Waals surface area contributed by atoms with Crippen LogP contribution in [0.25, 0.3) is 22.4 Å². The number of nitrogens with zero attached hydrogens (tertiary/aromatic N) is 6. The fraction of sp³-hybridized carbons (Fsp3) is 0.208. The lowest BCUT2D eigenvalue weighted by molar-refractivity contribution is -0.137. The van der Waals surface area contributed by atoms with Crippen molar-refractivity contribution in [2.24, 2.45) is 16.3 Å². The molecule has 1 aliphatic heterocycles. The number of carbonyl (C=O) groups is 1. The van der Waals surface area contributed by atoms with Crippen LogP contribution in [0.3, 0.4) is 0 Å². The van der Waals surface area contributed by atoms with E-state index in [1.807, 2.05) is 4.90 Å². The van der Waals surface area contributed by atoms with Crippen molar-refractivity contribution in [3.8, 4) is 22.4 Å². The number of hydrogen-bond donors (Lipinski definition) is 2. The lowest BCUT2D eigenvalue weighted by atomic mass is 9.98. The van der Waals surface area contributed by atoms with Gasteiger partial charge in [-0.15, -0.1) is 0 Å². The van der Waals surface area contributed by atoms with Gasteiger partial charge in [-0.3, -0.25) is 15.2 Å². The Morgan fingerprint density at radius 3 is 2.38 bits per heavy atom. The van der Waals surface area contributed by atoms with Crippen LogP contribution in [0.2, 0.25) is 5.02 Å². The van der Waals surface area contributed by atoms with Crippen LogP contribution in [0.4, 0.5) is 19.0 Å². The monoisotopic (exact) mass is 530 g/mol. The van der Waals surface area contributed by atoms with Gasteiger partial charge in [0.2, 0.25) is 0 Å². The molecular formula is C24H22ClF3N8O. The van der Waals surface area contributed by atoms with Crippen LogP contribution in [0.15, 0.2) is 77.6 Å². The summed E-state index contributed by atoms with van der Waals surface area (Å²) in [7, 11) is 0. The molecule has 9 nitrogen and oxygen atoms in total. The van der Waals surface area contributed by atoms with Crippen molar-refractivity contribution in [2.45, 2.75) is 6.18 Å². The van der Waals surface area contributed by atoms with Crippen LogP contribution in [0.5, 0.6) is 0 Å². The predicted molar refractivity (Wildman–Crippen MR) is 133 cm³/mol. The van der Waals surface area contributed by atoms with Crippen LogP contribution in [-0.2, 0) is 11.0 Å². The summed E-state index contributed by atoms with van der Waals surface area (Å²) in [6.07, 6.45) is -1.38. The zero-order valence-corrected chi connectivity index (χ0v) is 20.2. The number of halogens is 4. The maximum atomic E-state index is 13.1. The Hall–Kier alpha value is -4.19. The van der Waals surface area contributed by atoms with Crippen molar-refractivity contribution in [3.63, 3.8) is 0 Å². The van der Waals surface area contributed by atoms with Crippen molar-refractivity contribution < 1.29 is 18.0 Å². The van der Waals surface area contributed by atoms with E-state index in [1.54, 1.807) is 29.3 Å². The molecule has 1 fully saturated rings. The molecule has 1 amide bonds. The van der Waals surface area contributed by atoms with E-state index in [0.717, 1.165) is 12.1 Å². The van der Waals surface area contributed by atoms with Gasteiger partial charge >= 0.3 is 6.18 Å². The minimum absolute atomic E-state index is 0.0521. The van der Waals surface area contributed by atoms with E-state index in [-0.39, 0.29) is 11.6 Å². The van der Waals surface area contributed by atoms with Gasteiger partial charge in [0.05, 0.1) is 16.3 Å². The van der Waals surface area contributed by atoms with Gasteiger partial charge in [0.15, 0.2) is 0 Å². The Balaban J connectivity index is 1.62. The largest absolute Gasteiger partial charge is 0.416 e. The number of rotatable bonds is 6. The van der Waals surface area contributed by atoms with Gasteiger partial charge in [-0.25, -0.2) is 4.98 Å². The molecule has 192 valence electrons. The maximum absolute atomic E-state index is 13.1. The van der Waals surface area contributed by atoms with Gasteiger partial charge in [0.25, 0.3) is 5.91 Å². The zero-order chi connectivity index (χ0) is 26.6. The zero-order valence-electron chi connectivity index (χ0n) is 19.4. The second-order valence-electron chi connectivity index (χ2n) is 8.08. The molecule has 1 saturated heterocycles. The summed E-state index contributed by atoms with van der Waals surface area (Å²) in [5.41, 5.74) is 3.98. The topological polar surface area (TPSA) is 112 Å². The number of nitrogens with two attached hydrogens (primary N) is 1. The summed E-state index contributed by atoms with van der Waals surface area (Å²) in [6.45, 7) is 5.44. The van der Waals surface area contributed by atoms with Crippen LogP contribution >= 0.6 is 11.6 Å². The molecule has 0 radical (unpaired) electrons. The van der Waals surface area contributed by atoms with Gasteiger partial charge < -0.3 is 15.6 Å². The molecule has 4 rings (SSSR count). The van der Waals surface area contributed by atoms with Gasteiger partial charge in [-0.05, 0) is 35.9 Å². The first-order valence-corrected chi connectivity index (χ1v) is 11.4. The van der Waals surface area contributed by atoms with E-state index in [4.69, 9.17) is 22.4 Å². The second kappa shape index (κ2) is 10.8. The van der Waals surface area contributed by atoms with E-state index < -0.39 is 11.7 Å². The van der Waals surface area contributed by atoms with Crippen LogP contribution < -0.4 is 16.2 Å². The highest BCUT2D eigenvalue weighted by atomic mass is 35.5. The second-order valence-corrected chi connectivity index (χ2v) is 8.49. The summed E-state index contributed by atoms with van der Waals surface area (Å²) in [5, 5.41) is 6.76.